The van der Waals surface area contributed by atoms with Gasteiger partial charge in [0, 0.05) is 64.6 Å². The van der Waals surface area contributed by atoms with Gasteiger partial charge in [0.15, 0.2) is 5.13 Å². The third-order valence-corrected chi connectivity index (χ3v) is 5.78. The molecule has 1 unspecified atom stereocenters. The van der Waals surface area contributed by atoms with Gasteiger partial charge in [-0.05, 0) is 31.0 Å². The molecule has 1 aliphatic rings. The molecule has 1 fully saturated rings. The molecule has 28 heavy (non-hydrogen) atoms. The van der Waals surface area contributed by atoms with Crippen molar-refractivity contribution in [1.29, 1.82) is 0 Å². The number of thiazole rings is 1. The molecule has 4 rings (SSSR count). The SMILES string of the molecule is Cc1[c-]cc2sc(NC(=O)N3CCN(c4ncccc4C)CC3C)nc2c1.[Y]. The van der Waals surface area contributed by atoms with Gasteiger partial charge in [-0.3, -0.25) is 5.32 Å². The minimum absolute atomic E-state index is 0. The van der Waals surface area contributed by atoms with Crippen molar-refractivity contribution >= 4 is 38.5 Å². The molecule has 1 saturated heterocycles. The van der Waals surface area contributed by atoms with Crippen molar-refractivity contribution in [2.45, 2.75) is 26.8 Å². The van der Waals surface area contributed by atoms with Crippen LogP contribution in [0.25, 0.3) is 10.2 Å². The van der Waals surface area contributed by atoms with Crippen LogP contribution in [0.5, 0.6) is 0 Å². The van der Waals surface area contributed by atoms with E-state index in [9.17, 15) is 4.79 Å². The monoisotopic (exact) mass is 469 g/mol. The Morgan fingerprint density at radius 2 is 2.18 bits per heavy atom. The summed E-state index contributed by atoms with van der Waals surface area (Å²) in [5, 5.41) is 3.59. The fourth-order valence-corrected chi connectivity index (χ4v) is 4.27. The van der Waals surface area contributed by atoms with Gasteiger partial charge in [0.25, 0.3) is 0 Å². The predicted octanol–water partition coefficient (Wildman–Crippen LogP) is 3.85. The Kier molecular flexibility index (Phi) is 6.68. The Balaban J connectivity index is 0.00000225. The summed E-state index contributed by atoms with van der Waals surface area (Å²) >= 11 is 1.48. The summed E-state index contributed by atoms with van der Waals surface area (Å²) in [6.07, 6.45) is 1.82. The number of aryl methyl sites for hydroxylation is 2. The second kappa shape index (κ2) is 8.84. The number of pyridine rings is 1. The van der Waals surface area contributed by atoms with Crippen molar-refractivity contribution in [1.82, 2.24) is 14.9 Å². The fourth-order valence-electron chi connectivity index (χ4n) is 3.45. The molecule has 6 nitrogen and oxygen atoms in total. The molecule has 143 valence electrons. The van der Waals surface area contributed by atoms with Crippen molar-refractivity contribution in [2.24, 2.45) is 0 Å². The number of aromatic nitrogens is 2. The van der Waals surface area contributed by atoms with E-state index in [1.807, 2.05) is 36.2 Å². The van der Waals surface area contributed by atoms with E-state index in [0.717, 1.165) is 40.3 Å². The van der Waals surface area contributed by atoms with Crippen LogP contribution in [0.15, 0.2) is 30.5 Å². The van der Waals surface area contributed by atoms with Crippen molar-refractivity contribution in [2.75, 3.05) is 29.9 Å². The zero-order valence-electron chi connectivity index (χ0n) is 16.3. The molecule has 2 aromatic heterocycles. The van der Waals surface area contributed by atoms with Gasteiger partial charge in [-0.2, -0.15) is 29.0 Å². The van der Waals surface area contributed by atoms with E-state index in [1.165, 1.54) is 11.3 Å². The Labute approximate surface area is 194 Å². The summed E-state index contributed by atoms with van der Waals surface area (Å²) in [7, 11) is 0. The number of rotatable bonds is 2. The molecule has 1 aliphatic heterocycles. The van der Waals surface area contributed by atoms with Crippen LogP contribution < -0.4 is 10.2 Å². The molecule has 0 saturated carbocycles. The summed E-state index contributed by atoms with van der Waals surface area (Å²) in [6.45, 7) is 8.31. The molecule has 1 aromatic carbocycles. The number of nitrogens with one attached hydrogen (secondary N) is 1. The quantitative estimate of drug-likeness (QED) is 0.580. The Morgan fingerprint density at radius 3 is 2.93 bits per heavy atom. The third-order valence-electron chi connectivity index (χ3n) is 4.85. The number of amides is 2. The molecule has 0 spiro atoms. The summed E-state index contributed by atoms with van der Waals surface area (Å²) in [6, 6.07) is 11.1. The maximum Gasteiger partial charge on any atom is 0.323 e. The summed E-state index contributed by atoms with van der Waals surface area (Å²) in [4.78, 5) is 25.9. The molecule has 1 atom stereocenters. The zero-order valence-corrected chi connectivity index (χ0v) is 19.9. The number of carbonyl (C=O) groups is 1. The van der Waals surface area contributed by atoms with E-state index in [0.29, 0.717) is 11.7 Å². The first-order valence-corrected chi connectivity index (χ1v) is 9.86. The molecule has 1 N–H and O–H groups in total. The summed E-state index contributed by atoms with van der Waals surface area (Å²) < 4.78 is 1.03. The second-order valence-corrected chi connectivity index (χ2v) is 7.98. The van der Waals surface area contributed by atoms with Gasteiger partial charge >= 0.3 is 6.03 Å². The van der Waals surface area contributed by atoms with Crippen LogP contribution >= 0.6 is 11.3 Å². The molecular weight excluding hydrogens is 447 g/mol. The van der Waals surface area contributed by atoms with Crippen LogP contribution in [0, 0.1) is 19.9 Å². The first kappa shape index (κ1) is 21.2. The molecular formula is C20H22N5OSY-. The molecule has 8 heteroatoms. The van der Waals surface area contributed by atoms with Crippen LogP contribution in [0.1, 0.15) is 18.1 Å². The minimum Gasteiger partial charge on any atom is -0.353 e. The Bertz CT molecular complexity index is 992. The third kappa shape index (κ3) is 4.37. The van der Waals surface area contributed by atoms with E-state index in [-0.39, 0.29) is 44.8 Å². The maximum atomic E-state index is 12.8. The topological polar surface area (TPSA) is 61.4 Å². The Hall–Kier alpha value is -1.57. The van der Waals surface area contributed by atoms with Crippen molar-refractivity contribution in [3.05, 3.63) is 47.7 Å². The molecule has 3 aromatic rings. The minimum atomic E-state index is -0.0975. The second-order valence-electron chi connectivity index (χ2n) is 6.95. The molecule has 0 aliphatic carbocycles. The number of piperazine rings is 1. The normalized spacial score (nSPS) is 16.8. The number of anilines is 2. The van der Waals surface area contributed by atoms with E-state index in [2.05, 4.69) is 46.2 Å². The number of fused-ring (bicyclic) bond motifs is 1. The maximum absolute atomic E-state index is 12.8. The van der Waals surface area contributed by atoms with E-state index < -0.39 is 0 Å². The summed E-state index contributed by atoms with van der Waals surface area (Å²) in [5.74, 6) is 1.00. The number of carbonyl (C=O) groups excluding carboxylic acids is 1. The average molecular weight is 469 g/mol. The van der Waals surface area contributed by atoms with Crippen LogP contribution in [-0.4, -0.2) is 46.6 Å². The predicted molar refractivity (Wildman–Crippen MR) is 110 cm³/mol. The Morgan fingerprint density at radius 1 is 1.36 bits per heavy atom. The van der Waals surface area contributed by atoms with Crippen LogP contribution in [0.3, 0.4) is 0 Å². The van der Waals surface area contributed by atoms with Gasteiger partial charge in [-0.15, -0.1) is 6.07 Å². The standard InChI is InChI=1S/C20H22N5OS.Y/c1-13-6-7-17-16(11-13)22-19(27-17)23-20(26)25-10-9-24(12-15(25)3)18-14(2)5-4-8-21-18;/h4-5,7-8,11,15H,9-10,12H2,1-3H3,(H,22,23,26);/q-1;. The number of nitrogens with zero attached hydrogens (tertiary/aromatic N) is 4. The average Bonchev–Trinajstić information content (AvgIpc) is 3.03. The van der Waals surface area contributed by atoms with Crippen molar-refractivity contribution in [3.8, 4) is 0 Å². The van der Waals surface area contributed by atoms with E-state index in [1.54, 1.807) is 0 Å². The zero-order chi connectivity index (χ0) is 19.0. The number of hydrogen-bond acceptors (Lipinski definition) is 5. The number of hydrogen-bond donors (Lipinski definition) is 1. The van der Waals surface area contributed by atoms with Crippen LogP contribution in [0.4, 0.5) is 15.7 Å². The molecule has 2 amide bonds. The van der Waals surface area contributed by atoms with Crippen LogP contribution in [0.2, 0.25) is 0 Å². The molecule has 1 radical (unpaired) electrons. The van der Waals surface area contributed by atoms with E-state index >= 15 is 0 Å². The van der Waals surface area contributed by atoms with Crippen molar-refractivity contribution < 1.29 is 37.5 Å². The fraction of sp³-hybridized carbons (Fsp3) is 0.350. The first-order chi connectivity index (χ1) is 13.0. The largest absolute Gasteiger partial charge is 0.353 e. The van der Waals surface area contributed by atoms with Gasteiger partial charge < -0.3 is 9.80 Å². The summed E-state index contributed by atoms with van der Waals surface area (Å²) in [5.41, 5.74) is 3.10. The van der Waals surface area contributed by atoms with Gasteiger partial charge in [0.2, 0.25) is 0 Å². The number of benzene rings is 1. The van der Waals surface area contributed by atoms with Gasteiger partial charge in [0.1, 0.15) is 5.82 Å². The van der Waals surface area contributed by atoms with Crippen LogP contribution in [-0.2, 0) is 32.7 Å². The van der Waals surface area contributed by atoms with Gasteiger partial charge in [-0.25, -0.2) is 14.8 Å². The smallest absolute Gasteiger partial charge is 0.323 e. The van der Waals surface area contributed by atoms with Crippen molar-refractivity contribution in [3.63, 3.8) is 0 Å². The van der Waals surface area contributed by atoms with E-state index in [4.69, 9.17) is 0 Å². The number of urea groups is 1. The molecule has 3 heterocycles. The molecule has 0 bridgehead atoms. The van der Waals surface area contributed by atoms with Gasteiger partial charge in [-0.1, -0.05) is 17.7 Å². The first-order valence-electron chi connectivity index (χ1n) is 9.04. The van der Waals surface area contributed by atoms with Gasteiger partial charge in [0.05, 0.1) is 0 Å².